The maximum absolute atomic E-state index is 5.29. The second-order valence-electron chi connectivity index (χ2n) is 4.48. The third kappa shape index (κ3) is 3.89. The number of ether oxygens (including phenoxy) is 2. The number of hydrogen-bond acceptors (Lipinski definition) is 4. The summed E-state index contributed by atoms with van der Waals surface area (Å²) >= 11 is 0. The van der Waals surface area contributed by atoms with Crippen molar-refractivity contribution in [3.63, 3.8) is 0 Å². The van der Waals surface area contributed by atoms with Gasteiger partial charge in [-0.1, -0.05) is 13.8 Å². The molecule has 0 saturated carbocycles. The van der Waals surface area contributed by atoms with Crippen molar-refractivity contribution in [2.45, 2.75) is 26.8 Å². The summed E-state index contributed by atoms with van der Waals surface area (Å²) in [6.45, 7) is 6.96. The van der Waals surface area contributed by atoms with Gasteiger partial charge in [-0.25, -0.2) is 0 Å². The van der Waals surface area contributed by atoms with Crippen molar-refractivity contribution >= 4 is 5.69 Å². The lowest BCUT2D eigenvalue weighted by atomic mass is 10.0. The zero-order valence-corrected chi connectivity index (χ0v) is 11.3. The van der Waals surface area contributed by atoms with Crippen molar-refractivity contribution in [1.29, 1.82) is 0 Å². The highest BCUT2D eigenvalue weighted by Gasteiger charge is 2.15. The van der Waals surface area contributed by atoms with E-state index in [1.54, 1.807) is 20.4 Å². The van der Waals surface area contributed by atoms with Gasteiger partial charge in [0.05, 0.1) is 31.6 Å². The zero-order valence-electron chi connectivity index (χ0n) is 11.3. The maximum atomic E-state index is 5.29. The first-order valence-corrected chi connectivity index (χ1v) is 5.84. The molecule has 1 unspecified atom stereocenters. The average Bonchev–Trinajstić information content (AvgIpc) is 2.28. The van der Waals surface area contributed by atoms with Crippen molar-refractivity contribution < 1.29 is 9.47 Å². The van der Waals surface area contributed by atoms with Gasteiger partial charge in [0.2, 0.25) is 0 Å². The number of hydrogen-bond donors (Lipinski definition) is 1. The van der Waals surface area contributed by atoms with Crippen LogP contribution in [0.3, 0.4) is 0 Å². The van der Waals surface area contributed by atoms with E-state index in [4.69, 9.17) is 9.47 Å². The molecule has 1 N–H and O–H groups in total. The van der Waals surface area contributed by atoms with E-state index in [0.717, 1.165) is 17.1 Å². The summed E-state index contributed by atoms with van der Waals surface area (Å²) in [5, 5.41) is 3.45. The van der Waals surface area contributed by atoms with Crippen LogP contribution < -0.4 is 10.1 Å². The molecule has 0 saturated heterocycles. The minimum atomic E-state index is 0.260. The van der Waals surface area contributed by atoms with Crippen LogP contribution in [0.15, 0.2) is 12.3 Å². The number of methoxy groups -OCH3 is 2. The SMILES string of the molecule is COCC(Nc1cc(C)ncc1OC)C(C)C. The molecule has 1 aromatic heterocycles. The van der Waals surface area contributed by atoms with Crippen molar-refractivity contribution in [3.8, 4) is 5.75 Å². The van der Waals surface area contributed by atoms with Gasteiger partial charge in [0, 0.05) is 12.8 Å². The van der Waals surface area contributed by atoms with Gasteiger partial charge in [-0.3, -0.25) is 4.98 Å². The fourth-order valence-corrected chi connectivity index (χ4v) is 1.60. The lowest BCUT2D eigenvalue weighted by Crippen LogP contribution is -2.30. The van der Waals surface area contributed by atoms with E-state index < -0.39 is 0 Å². The molecule has 0 aliphatic rings. The molecule has 0 amide bonds. The first-order chi connectivity index (χ1) is 8.08. The van der Waals surface area contributed by atoms with Crippen LogP contribution in [0.5, 0.6) is 5.75 Å². The van der Waals surface area contributed by atoms with Crippen LogP contribution in [0.1, 0.15) is 19.5 Å². The summed E-state index contributed by atoms with van der Waals surface area (Å²) < 4.78 is 10.5. The van der Waals surface area contributed by atoms with Crippen LogP contribution >= 0.6 is 0 Å². The van der Waals surface area contributed by atoms with Gasteiger partial charge < -0.3 is 14.8 Å². The maximum Gasteiger partial charge on any atom is 0.160 e. The largest absolute Gasteiger partial charge is 0.493 e. The Morgan fingerprint density at radius 3 is 2.59 bits per heavy atom. The molecule has 1 rings (SSSR count). The Hall–Kier alpha value is -1.29. The normalized spacial score (nSPS) is 12.6. The Morgan fingerprint density at radius 1 is 1.35 bits per heavy atom. The third-order valence-electron chi connectivity index (χ3n) is 2.72. The van der Waals surface area contributed by atoms with Gasteiger partial charge in [-0.2, -0.15) is 0 Å². The van der Waals surface area contributed by atoms with Crippen molar-refractivity contribution in [1.82, 2.24) is 4.98 Å². The molecule has 1 aromatic rings. The molecular weight excluding hydrogens is 216 g/mol. The highest BCUT2D eigenvalue weighted by atomic mass is 16.5. The number of anilines is 1. The zero-order chi connectivity index (χ0) is 12.8. The average molecular weight is 238 g/mol. The molecule has 0 aromatic carbocycles. The number of aryl methyl sites for hydroxylation is 1. The second kappa shape index (κ2) is 6.45. The van der Waals surface area contributed by atoms with Crippen LogP contribution in [0.25, 0.3) is 0 Å². The quantitative estimate of drug-likeness (QED) is 0.827. The first-order valence-electron chi connectivity index (χ1n) is 5.84. The summed E-state index contributed by atoms with van der Waals surface area (Å²) in [6.07, 6.45) is 1.74. The Kier molecular flexibility index (Phi) is 5.22. The minimum Gasteiger partial charge on any atom is -0.493 e. The molecule has 4 heteroatoms. The fraction of sp³-hybridized carbons (Fsp3) is 0.615. The van der Waals surface area contributed by atoms with Gasteiger partial charge in [-0.15, -0.1) is 0 Å². The number of aromatic nitrogens is 1. The van der Waals surface area contributed by atoms with Crippen LogP contribution in [0.4, 0.5) is 5.69 Å². The topological polar surface area (TPSA) is 43.4 Å². The van der Waals surface area contributed by atoms with Gasteiger partial charge in [0.25, 0.3) is 0 Å². The second-order valence-corrected chi connectivity index (χ2v) is 4.48. The smallest absolute Gasteiger partial charge is 0.160 e. The lowest BCUT2D eigenvalue weighted by molar-refractivity contribution is 0.171. The van der Waals surface area contributed by atoms with E-state index in [0.29, 0.717) is 12.5 Å². The van der Waals surface area contributed by atoms with Crippen molar-refractivity contribution in [2.75, 3.05) is 26.1 Å². The van der Waals surface area contributed by atoms with Gasteiger partial charge in [-0.05, 0) is 18.9 Å². The van der Waals surface area contributed by atoms with Gasteiger partial charge in [0.1, 0.15) is 0 Å². The Balaban J connectivity index is 2.87. The molecule has 0 spiro atoms. The van der Waals surface area contributed by atoms with E-state index in [-0.39, 0.29) is 6.04 Å². The molecule has 0 radical (unpaired) electrons. The van der Waals surface area contributed by atoms with Crippen molar-refractivity contribution in [2.24, 2.45) is 5.92 Å². The Labute approximate surface area is 103 Å². The number of rotatable bonds is 6. The van der Waals surface area contributed by atoms with Crippen molar-refractivity contribution in [3.05, 3.63) is 18.0 Å². The lowest BCUT2D eigenvalue weighted by Gasteiger charge is -2.23. The molecule has 17 heavy (non-hydrogen) atoms. The highest BCUT2D eigenvalue weighted by molar-refractivity contribution is 5.56. The summed E-state index contributed by atoms with van der Waals surface area (Å²) in [5.41, 5.74) is 1.93. The van der Waals surface area contributed by atoms with Crippen LogP contribution in [-0.4, -0.2) is 31.9 Å². The molecule has 4 nitrogen and oxygen atoms in total. The molecule has 0 aliphatic heterocycles. The van der Waals surface area contributed by atoms with E-state index in [2.05, 4.69) is 24.1 Å². The number of nitrogens with zero attached hydrogens (tertiary/aromatic N) is 1. The molecule has 0 bridgehead atoms. The van der Waals surface area contributed by atoms with E-state index in [9.17, 15) is 0 Å². The van der Waals surface area contributed by atoms with E-state index in [1.807, 2.05) is 13.0 Å². The first kappa shape index (κ1) is 13.8. The molecule has 1 atom stereocenters. The molecule has 1 heterocycles. The van der Waals surface area contributed by atoms with Gasteiger partial charge in [0.15, 0.2) is 5.75 Å². The predicted octanol–water partition coefficient (Wildman–Crippen LogP) is 2.48. The summed E-state index contributed by atoms with van der Waals surface area (Å²) in [4.78, 5) is 4.21. The predicted molar refractivity (Wildman–Crippen MR) is 69.7 cm³/mol. The summed E-state index contributed by atoms with van der Waals surface area (Å²) in [5.74, 6) is 1.24. The standard InChI is InChI=1S/C13H22N2O2/c1-9(2)12(8-16-4)15-11-6-10(3)14-7-13(11)17-5/h6-7,9,12H,8H2,1-5H3,(H,14,15). The van der Waals surface area contributed by atoms with Crippen LogP contribution in [0, 0.1) is 12.8 Å². The molecule has 96 valence electrons. The third-order valence-corrected chi connectivity index (χ3v) is 2.72. The van der Waals surface area contributed by atoms with Crippen LogP contribution in [-0.2, 0) is 4.74 Å². The summed E-state index contributed by atoms with van der Waals surface area (Å²) in [7, 11) is 3.37. The molecule has 0 fully saturated rings. The summed E-state index contributed by atoms with van der Waals surface area (Å²) in [6, 6.07) is 2.25. The minimum absolute atomic E-state index is 0.260. The molecular formula is C13H22N2O2. The number of nitrogens with one attached hydrogen (secondary N) is 1. The Bertz CT molecular complexity index is 353. The van der Waals surface area contributed by atoms with E-state index in [1.165, 1.54) is 0 Å². The van der Waals surface area contributed by atoms with Crippen LogP contribution in [0.2, 0.25) is 0 Å². The Morgan fingerprint density at radius 2 is 2.06 bits per heavy atom. The van der Waals surface area contributed by atoms with E-state index >= 15 is 0 Å². The highest BCUT2D eigenvalue weighted by Crippen LogP contribution is 2.25. The fourth-order valence-electron chi connectivity index (χ4n) is 1.60. The van der Waals surface area contributed by atoms with Gasteiger partial charge >= 0.3 is 0 Å². The molecule has 0 aliphatic carbocycles. The monoisotopic (exact) mass is 238 g/mol. The number of pyridine rings is 1.